The van der Waals surface area contributed by atoms with E-state index in [2.05, 4.69) is 4.98 Å². The summed E-state index contributed by atoms with van der Waals surface area (Å²) in [6.07, 6.45) is 0. The Hall–Kier alpha value is -2.66. The predicted molar refractivity (Wildman–Crippen MR) is 79.0 cm³/mol. The van der Waals surface area contributed by atoms with Gasteiger partial charge in [-0.15, -0.1) is 0 Å². The van der Waals surface area contributed by atoms with Crippen LogP contribution in [-0.4, -0.2) is 9.91 Å². The van der Waals surface area contributed by atoms with Gasteiger partial charge >= 0.3 is 0 Å². The molecule has 0 fully saturated rings. The van der Waals surface area contributed by atoms with E-state index in [-0.39, 0.29) is 11.0 Å². The van der Waals surface area contributed by atoms with Crippen molar-refractivity contribution in [2.75, 3.05) is 0 Å². The summed E-state index contributed by atoms with van der Waals surface area (Å²) in [5, 5.41) is 10.7. The van der Waals surface area contributed by atoms with E-state index in [1.54, 1.807) is 12.1 Å². The van der Waals surface area contributed by atoms with E-state index in [1.807, 2.05) is 30.3 Å². The molecule has 0 N–H and O–H groups in total. The lowest BCUT2D eigenvalue weighted by Crippen LogP contribution is -1.88. The average Bonchev–Trinajstić information content (AvgIpc) is 2.90. The van der Waals surface area contributed by atoms with E-state index in [0.717, 1.165) is 5.56 Å². The number of hydrogen-bond acceptors (Lipinski definition) is 4. The smallest absolute Gasteiger partial charge is 0.293 e. The van der Waals surface area contributed by atoms with Crippen LogP contribution < -0.4 is 0 Å². The van der Waals surface area contributed by atoms with E-state index in [0.29, 0.717) is 17.0 Å². The summed E-state index contributed by atoms with van der Waals surface area (Å²) in [6.45, 7) is 0. The Morgan fingerprint density at radius 3 is 2.29 bits per heavy atom. The number of nitro groups is 1. The zero-order chi connectivity index (χ0) is 14.8. The first-order chi connectivity index (χ1) is 10.1. The fraction of sp³-hybridized carbons (Fsp3) is 0. The van der Waals surface area contributed by atoms with Crippen molar-refractivity contribution in [3.05, 3.63) is 70.1 Å². The van der Waals surface area contributed by atoms with Crippen molar-refractivity contribution < 1.29 is 9.34 Å². The maximum atomic E-state index is 10.7. The molecule has 6 heteroatoms. The molecular formula is C15H9ClN2O3. The van der Waals surface area contributed by atoms with Crippen LogP contribution in [0.15, 0.2) is 59.0 Å². The molecule has 0 spiro atoms. The Balaban J connectivity index is 2.09. The largest absolute Gasteiger partial charge is 0.427 e. The highest BCUT2D eigenvalue weighted by Gasteiger charge is 2.16. The van der Waals surface area contributed by atoms with E-state index < -0.39 is 4.92 Å². The molecular weight excluding hydrogens is 292 g/mol. The van der Waals surface area contributed by atoms with Gasteiger partial charge in [-0.3, -0.25) is 10.1 Å². The van der Waals surface area contributed by atoms with Gasteiger partial charge in [0.05, 0.1) is 4.92 Å². The zero-order valence-electron chi connectivity index (χ0n) is 10.7. The van der Waals surface area contributed by atoms with Crippen LogP contribution in [0.4, 0.5) is 5.69 Å². The molecule has 104 valence electrons. The zero-order valence-corrected chi connectivity index (χ0v) is 11.4. The fourth-order valence-corrected chi connectivity index (χ4v) is 2.18. The molecule has 0 atom stereocenters. The molecule has 0 amide bonds. The number of rotatable bonds is 3. The van der Waals surface area contributed by atoms with Gasteiger partial charge in [-0.2, -0.15) is 4.98 Å². The van der Waals surface area contributed by atoms with Crippen LogP contribution in [0.5, 0.6) is 0 Å². The lowest BCUT2D eigenvalue weighted by Gasteiger charge is -2.01. The quantitative estimate of drug-likeness (QED) is 0.525. The third-order valence-electron chi connectivity index (χ3n) is 2.99. The third-order valence-corrected chi connectivity index (χ3v) is 3.15. The first-order valence-electron chi connectivity index (χ1n) is 6.12. The number of halogens is 1. The fourth-order valence-electron chi connectivity index (χ4n) is 2.02. The lowest BCUT2D eigenvalue weighted by atomic mass is 10.1. The van der Waals surface area contributed by atoms with Crippen LogP contribution in [0, 0.1) is 10.1 Å². The highest BCUT2D eigenvalue weighted by atomic mass is 35.5. The van der Waals surface area contributed by atoms with Crippen LogP contribution in [0.3, 0.4) is 0 Å². The molecule has 21 heavy (non-hydrogen) atoms. The molecule has 0 unspecified atom stereocenters. The number of hydrogen-bond donors (Lipinski definition) is 0. The molecule has 0 bridgehead atoms. The molecule has 1 heterocycles. The summed E-state index contributed by atoms with van der Waals surface area (Å²) in [4.78, 5) is 14.4. The standard InChI is InChI=1S/C15H9ClN2O3/c16-15-17-13(10-6-8-12(9-7-10)18(19)20)14(21-15)11-4-2-1-3-5-11/h1-9H. The molecule has 0 aliphatic heterocycles. The normalized spacial score (nSPS) is 10.5. The molecule has 0 saturated heterocycles. The summed E-state index contributed by atoms with van der Waals surface area (Å²) in [6, 6.07) is 15.5. The Morgan fingerprint density at radius 1 is 1.00 bits per heavy atom. The predicted octanol–water partition coefficient (Wildman–Crippen LogP) is 4.57. The van der Waals surface area contributed by atoms with Gasteiger partial charge in [0, 0.05) is 23.3 Å². The summed E-state index contributed by atoms with van der Waals surface area (Å²) < 4.78 is 5.45. The monoisotopic (exact) mass is 300 g/mol. The van der Waals surface area contributed by atoms with Crippen LogP contribution in [-0.2, 0) is 0 Å². The van der Waals surface area contributed by atoms with Gasteiger partial charge < -0.3 is 4.42 Å². The van der Waals surface area contributed by atoms with Gasteiger partial charge in [-0.25, -0.2) is 0 Å². The van der Waals surface area contributed by atoms with Crippen molar-refractivity contribution in [2.24, 2.45) is 0 Å². The Labute approximate surface area is 125 Å². The summed E-state index contributed by atoms with van der Waals surface area (Å²) in [7, 11) is 0. The van der Waals surface area contributed by atoms with Crippen molar-refractivity contribution in [1.82, 2.24) is 4.98 Å². The lowest BCUT2D eigenvalue weighted by molar-refractivity contribution is -0.384. The molecule has 1 aromatic heterocycles. The van der Waals surface area contributed by atoms with Gasteiger partial charge in [-0.05, 0) is 23.7 Å². The summed E-state index contributed by atoms with van der Waals surface area (Å²) >= 11 is 5.86. The second-order valence-electron chi connectivity index (χ2n) is 4.31. The Bertz CT molecular complexity index is 782. The van der Waals surface area contributed by atoms with Gasteiger partial charge in [0.2, 0.25) is 0 Å². The SMILES string of the molecule is O=[N+]([O-])c1ccc(-c2nc(Cl)oc2-c2ccccc2)cc1. The molecule has 2 aromatic carbocycles. The van der Waals surface area contributed by atoms with E-state index in [1.165, 1.54) is 12.1 Å². The minimum absolute atomic E-state index is 0.0228. The van der Waals surface area contributed by atoms with E-state index in [4.69, 9.17) is 16.0 Å². The van der Waals surface area contributed by atoms with E-state index >= 15 is 0 Å². The third kappa shape index (κ3) is 2.64. The number of aromatic nitrogens is 1. The van der Waals surface area contributed by atoms with Crippen LogP contribution >= 0.6 is 11.6 Å². The van der Waals surface area contributed by atoms with Gasteiger partial charge in [0.25, 0.3) is 11.0 Å². The second kappa shape index (κ2) is 5.38. The van der Waals surface area contributed by atoms with Crippen LogP contribution in [0.1, 0.15) is 0 Å². The molecule has 5 nitrogen and oxygen atoms in total. The number of nitrogens with zero attached hydrogens (tertiary/aromatic N) is 2. The van der Waals surface area contributed by atoms with Crippen molar-refractivity contribution in [1.29, 1.82) is 0 Å². The van der Waals surface area contributed by atoms with Gasteiger partial charge in [0.15, 0.2) is 5.76 Å². The van der Waals surface area contributed by atoms with Crippen molar-refractivity contribution in [3.8, 4) is 22.6 Å². The van der Waals surface area contributed by atoms with Crippen molar-refractivity contribution in [3.63, 3.8) is 0 Å². The number of benzene rings is 2. The van der Waals surface area contributed by atoms with Gasteiger partial charge in [-0.1, -0.05) is 30.3 Å². The van der Waals surface area contributed by atoms with E-state index in [9.17, 15) is 10.1 Å². The maximum Gasteiger partial charge on any atom is 0.293 e. The first kappa shape index (κ1) is 13.3. The Morgan fingerprint density at radius 2 is 1.67 bits per heavy atom. The summed E-state index contributed by atoms with van der Waals surface area (Å²) in [5.41, 5.74) is 2.12. The van der Waals surface area contributed by atoms with Crippen molar-refractivity contribution in [2.45, 2.75) is 0 Å². The second-order valence-corrected chi connectivity index (χ2v) is 4.64. The number of nitro benzene ring substituents is 1. The minimum Gasteiger partial charge on any atom is -0.427 e. The Kier molecular flexibility index (Phi) is 3.41. The van der Waals surface area contributed by atoms with Gasteiger partial charge in [0.1, 0.15) is 5.69 Å². The highest BCUT2D eigenvalue weighted by Crippen LogP contribution is 2.34. The van der Waals surface area contributed by atoms with Crippen molar-refractivity contribution >= 4 is 17.3 Å². The molecule has 0 saturated carbocycles. The first-order valence-corrected chi connectivity index (χ1v) is 6.49. The number of non-ortho nitro benzene ring substituents is 1. The molecule has 3 aromatic rings. The van der Waals surface area contributed by atoms with Crippen LogP contribution in [0.25, 0.3) is 22.6 Å². The average molecular weight is 301 g/mol. The molecule has 3 rings (SSSR count). The molecule has 0 aliphatic rings. The molecule has 0 aliphatic carbocycles. The minimum atomic E-state index is -0.447. The number of oxazole rings is 1. The van der Waals surface area contributed by atoms with Crippen LogP contribution in [0.2, 0.25) is 5.35 Å². The highest BCUT2D eigenvalue weighted by molar-refractivity contribution is 6.28. The maximum absolute atomic E-state index is 10.7. The topological polar surface area (TPSA) is 69.2 Å². The summed E-state index contributed by atoms with van der Waals surface area (Å²) in [5.74, 6) is 0.537. The molecule has 0 radical (unpaired) electrons.